The zero-order valence-electron chi connectivity index (χ0n) is 18.8. The minimum atomic E-state index is -0.497. The molecule has 2 aromatic heterocycles. The number of rotatable bonds is 6. The van der Waals surface area contributed by atoms with Crippen molar-refractivity contribution in [3.63, 3.8) is 0 Å². The maximum absolute atomic E-state index is 12.8. The van der Waals surface area contributed by atoms with Gasteiger partial charge >= 0.3 is 5.69 Å². The van der Waals surface area contributed by atoms with E-state index in [1.807, 2.05) is 43.3 Å². The van der Waals surface area contributed by atoms with Gasteiger partial charge in [0, 0.05) is 23.6 Å². The maximum Gasteiger partial charge on any atom is 0.350 e. The number of ether oxygens (including phenoxy) is 3. The summed E-state index contributed by atoms with van der Waals surface area (Å²) >= 11 is 0. The summed E-state index contributed by atoms with van der Waals surface area (Å²) in [5.41, 5.74) is 3.38. The van der Waals surface area contributed by atoms with Crippen molar-refractivity contribution in [3.8, 4) is 17.4 Å². The number of aromatic nitrogens is 5. The van der Waals surface area contributed by atoms with Crippen molar-refractivity contribution in [2.45, 2.75) is 19.4 Å². The smallest absolute Gasteiger partial charge is 0.350 e. The Hall–Kier alpha value is -4.18. The Balaban J connectivity index is 1.62. The third-order valence-corrected chi connectivity index (χ3v) is 5.52. The fourth-order valence-corrected chi connectivity index (χ4v) is 3.83. The summed E-state index contributed by atoms with van der Waals surface area (Å²) in [4.78, 5) is 23.9. The molecular weight excluding hydrogens is 436 g/mol. The molecule has 174 valence electrons. The minimum absolute atomic E-state index is 0.169. The highest BCUT2D eigenvalue weighted by atomic mass is 16.7. The number of H-pyrrole nitrogens is 1. The molecule has 0 spiro atoms. The molecule has 1 aliphatic rings. The SMILES string of the molecule is COc1cc([C@H](Nc2ccc(C)cc2)c2nn(-c3ncccn3)c(=O)[nH]2)cc2c1OCOCC2. The molecular formula is C24H24N6O4. The minimum Gasteiger partial charge on any atom is -0.493 e. The second-order valence-electron chi connectivity index (χ2n) is 7.85. The zero-order chi connectivity index (χ0) is 23.5. The highest BCUT2D eigenvalue weighted by Gasteiger charge is 2.25. The van der Waals surface area contributed by atoms with Crippen LogP contribution in [0.3, 0.4) is 0 Å². The summed E-state index contributed by atoms with van der Waals surface area (Å²) in [5, 5.41) is 8.01. The molecule has 4 aromatic rings. The van der Waals surface area contributed by atoms with Crippen molar-refractivity contribution in [3.05, 3.63) is 87.9 Å². The first kappa shape index (κ1) is 21.7. The van der Waals surface area contributed by atoms with Gasteiger partial charge in [0.2, 0.25) is 0 Å². The van der Waals surface area contributed by atoms with Crippen LogP contribution in [0.15, 0.2) is 59.7 Å². The molecule has 34 heavy (non-hydrogen) atoms. The Morgan fingerprint density at radius 1 is 1.18 bits per heavy atom. The van der Waals surface area contributed by atoms with Crippen LogP contribution in [0.2, 0.25) is 0 Å². The van der Waals surface area contributed by atoms with Crippen LogP contribution in [0.5, 0.6) is 11.5 Å². The lowest BCUT2D eigenvalue weighted by Crippen LogP contribution is -2.18. The van der Waals surface area contributed by atoms with Gasteiger partial charge in [-0.2, -0.15) is 0 Å². The van der Waals surface area contributed by atoms with Crippen LogP contribution < -0.4 is 20.5 Å². The Morgan fingerprint density at radius 2 is 1.97 bits per heavy atom. The van der Waals surface area contributed by atoms with Crippen LogP contribution in [-0.4, -0.2) is 45.2 Å². The molecule has 2 N–H and O–H groups in total. The first-order valence-electron chi connectivity index (χ1n) is 10.8. The molecule has 0 fully saturated rings. The van der Waals surface area contributed by atoms with E-state index in [2.05, 4.69) is 25.4 Å². The fraction of sp³-hybridized carbons (Fsp3) is 0.250. The van der Waals surface area contributed by atoms with Crippen molar-refractivity contribution in [2.75, 3.05) is 25.8 Å². The molecule has 0 amide bonds. The lowest BCUT2D eigenvalue weighted by Gasteiger charge is -2.21. The average molecular weight is 460 g/mol. The number of nitrogens with one attached hydrogen (secondary N) is 2. The number of nitrogens with zero attached hydrogens (tertiary/aromatic N) is 4. The number of fused-ring (bicyclic) bond motifs is 1. The van der Waals surface area contributed by atoms with Crippen LogP contribution >= 0.6 is 0 Å². The lowest BCUT2D eigenvalue weighted by molar-refractivity contribution is 0.0250. The van der Waals surface area contributed by atoms with E-state index >= 15 is 0 Å². The summed E-state index contributed by atoms with van der Waals surface area (Å²) in [6, 6.07) is 13.1. The predicted molar refractivity (Wildman–Crippen MR) is 125 cm³/mol. The first-order valence-corrected chi connectivity index (χ1v) is 10.8. The van der Waals surface area contributed by atoms with Gasteiger partial charge in [0.1, 0.15) is 6.04 Å². The van der Waals surface area contributed by atoms with E-state index in [1.54, 1.807) is 25.6 Å². The molecule has 0 bridgehead atoms. The van der Waals surface area contributed by atoms with Gasteiger partial charge < -0.3 is 19.5 Å². The van der Waals surface area contributed by atoms with E-state index in [0.29, 0.717) is 30.4 Å². The van der Waals surface area contributed by atoms with Gasteiger partial charge in [0.25, 0.3) is 5.95 Å². The van der Waals surface area contributed by atoms with Crippen LogP contribution in [0.1, 0.15) is 28.6 Å². The fourth-order valence-electron chi connectivity index (χ4n) is 3.83. The Bertz CT molecular complexity index is 1330. The molecule has 10 heteroatoms. The summed E-state index contributed by atoms with van der Waals surface area (Å²) in [6.07, 6.45) is 3.79. The van der Waals surface area contributed by atoms with Crippen LogP contribution in [0.25, 0.3) is 5.95 Å². The van der Waals surface area contributed by atoms with Gasteiger partial charge in [0.15, 0.2) is 24.1 Å². The normalized spacial score (nSPS) is 13.9. The molecule has 10 nitrogen and oxygen atoms in total. The van der Waals surface area contributed by atoms with Gasteiger partial charge in [-0.1, -0.05) is 17.7 Å². The molecule has 0 radical (unpaired) electrons. The number of benzene rings is 2. The highest BCUT2D eigenvalue weighted by molar-refractivity contribution is 5.54. The van der Waals surface area contributed by atoms with Gasteiger partial charge in [-0.05, 0) is 49.2 Å². The number of anilines is 1. The number of methoxy groups -OCH3 is 1. The molecule has 0 saturated heterocycles. The molecule has 5 rings (SSSR count). The van der Waals surface area contributed by atoms with Gasteiger partial charge in [0.05, 0.1) is 13.7 Å². The van der Waals surface area contributed by atoms with Crippen molar-refractivity contribution >= 4 is 5.69 Å². The van der Waals surface area contributed by atoms with Gasteiger partial charge in [-0.15, -0.1) is 9.78 Å². The topological polar surface area (TPSA) is 116 Å². The van der Waals surface area contributed by atoms with Crippen molar-refractivity contribution in [1.29, 1.82) is 0 Å². The Labute approximate surface area is 195 Å². The third kappa shape index (κ3) is 4.35. The predicted octanol–water partition coefficient (Wildman–Crippen LogP) is 2.78. The van der Waals surface area contributed by atoms with Crippen LogP contribution in [0.4, 0.5) is 5.69 Å². The van der Waals surface area contributed by atoms with Gasteiger partial charge in [-0.3, -0.25) is 4.98 Å². The van der Waals surface area contributed by atoms with E-state index < -0.39 is 11.7 Å². The Kier molecular flexibility index (Phi) is 5.96. The number of hydrogen-bond acceptors (Lipinski definition) is 8. The summed E-state index contributed by atoms with van der Waals surface area (Å²) in [6.45, 7) is 2.73. The quantitative estimate of drug-likeness (QED) is 0.451. The zero-order valence-corrected chi connectivity index (χ0v) is 18.8. The van der Waals surface area contributed by atoms with E-state index in [4.69, 9.17) is 14.2 Å². The largest absolute Gasteiger partial charge is 0.493 e. The second kappa shape index (κ2) is 9.36. The average Bonchev–Trinajstić information content (AvgIpc) is 3.08. The lowest BCUT2D eigenvalue weighted by atomic mass is 9.99. The standard InChI is InChI=1S/C24H24N6O4/c1-15-4-6-18(7-5-15)27-20(22-28-24(31)30(29-22)23-25-9-3-10-26-23)17-12-16-8-11-33-14-34-21(16)19(13-17)32-2/h3-7,9-10,12-13,20,27H,8,11,14H2,1-2H3,(H,28,29,31)/t20-/m0/s1. The van der Waals surface area contributed by atoms with E-state index in [-0.39, 0.29) is 12.7 Å². The molecule has 1 atom stereocenters. The first-order chi connectivity index (χ1) is 16.6. The van der Waals surface area contributed by atoms with E-state index in [0.717, 1.165) is 27.1 Å². The van der Waals surface area contributed by atoms with Gasteiger partial charge in [-0.25, -0.2) is 14.8 Å². The molecule has 0 saturated carbocycles. The number of aromatic amines is 1. The molecule has 0 unspecified atom stereocenters. The maximum atomic E-state index is 12.8. The Morgan fingerprint density at radius 3 is 2.74 bits per heavy atom. The van der Waals surface area contributed by atoms with Crippen molar-refractivity contribution in [2.24, 2.45) is 0 Å². The highest BCUT2D eigenvalue weighted by Crippen LogP contribution is 2.38. The van der Waals surface area contributed by atoms with Crippen molar-refractivity contribution in [1.82, 2.24) is 24.7 Å². The number of aryl methyl sites for hydroxylation is 1. The van der Waals surface area contributed by atoms with Crippen molar-refractivity contribution < 1.29 is 14.2 Å². The molecule has 0 aliphatic carbocycles. The number of hydrogen-bond donors (Lipinski definition) is 2. The third-order valence-electron chi connectivity index (χ3n) is 5.52. The second-order valence-corrected chi connectivity index (χ2v) is 7.85. The monoisotopic (exact) mass is 460 g/mol. The summed E-state index contributed by atoms with van der Waals surface area (Å²) in [7, 11) is 1.60. The molecule has 1 aliphatic heterocycles. The van der Waals surface area contributed by atoms with Crippen LogP contribution in [0, 0.1) is 6.92 Å². The summed E-state index contributed by atoms with van der Waals surface area (Å²) in [5.74, 6) is 1.84. The van der Waals surface area contributed by atoms with E-state index in [1.165, 1.54) is 0 Å². The molecule has 3 heterocycles. The van der Waals surface area contributed by atoms with E-state index in [9.17, 15) is 4.79 Å². The molecule has 2 aromatic carbocycles. The summed E-state index contributed by atoms with van der Waals surface area (Å²) < 4.78 is 18.0. The van der Waals surface area contributed by atoms with Crippen LogP contribution in [-0.2, 0) is 11.2 Å².